The summed E-state index contributed by atoms with van der Waals surface area (Å²) in [6.45, 7) is 1.99. The lowest BCUT2D eigenvalue weighted by molar-refractivity contribution is -0.159. The molecular formula is C21H21F3N6O4. The van der Waals surface area contributed by atoms with Gasteiger partial charge in [-0.3, -0.25) is 0 Å². The Morgan fingerprint density at radius 2 is 1.79 bits per heavy atom. The molecule has 34 heavy (non-hydrogen) atoms. The molecule has 1 N–H and O–H groups in total. The summed E-state index contributed by atoms with van der Waals surface area (Å²) >= 11 is 0. The third kappa shape index (κ3) is 4.97. The topological polar surface area (TPSA) is 106 Å². The first-order valence-corrected chi connectivity index (χ1v) is 10.2. The minimum Gasteiger partial charge on any atom is -0.493 e. The van der Waals surface area contributed by atoms with Crippen LogP contribution in [0.1, 0.15) is 5.89 Å². The number of piperazine rings is 1. The van der Waals surface area contributed by atoms with Gasteiger partial charge in [0, 0.05) is 49.7 Å². The van der Waals surface area contributed by atoms with Crippen LogP contribution in [0.25, 0.3) is 11.4 Å². The summed E-state index contributed by atoms with van der Waals surface area (Å²) in [5.41, 5.74) is 0.883. The average Bonchev–Trinajstić information content (AvgIpc) is 3.35. The summed E-state index contributed by atoms with van der Waals surface area (Å²) in [6, 6.07) is 8.11. The fourth-order valence-corrected chi connectivity index (χ4v) is 3.42. The second-order valence-electron chi connectivity index (χ2n) is 7.30. The van der Waals surface area contributed by atoms with Crippen molar-refractivity contribution < 1.29 is 32.0 Å². The van der Waals surface area contributed by atoms with Gasteiger partial charge in [-0.1, -0.05) is 5.16 Å². The van der Waals surface area contributed by atoms with Gasteiger partial charge >= 0.3 is 18.1 Å². The molecule has 3 aromatic rings. The van der Waals surface area contributed by atoms with Crippen LogP contribution in [0.15, 0.2) is 41.1 Å². The van der Waals surface area contributed by atoms with E-state index in [1.165, 1.54) is 20.4 Å². The van der Waals surface area contributed by atoms with E-state index in [2.05, 4.69) is 25.0 Å². The van der Waals surface area contributed by atoms with Gasteiger partial charge in [0.05, 0.1) is 14.2 Å². The Balaban J connectivity index is 1.33. The SMILES string of the molecule is COc1ccc(NC(=O)N2CCN(c3ccc(-c4noc(C(F)(F)F)n4)cn3)CC2)cc1OC. The van der Waals surface area contributed by atoms with E-state index < -0.39 is 12.1 Å². The van der Waals surface area contributed by atoms with Crippen LogP contribution < -0.4 is 19.7 Å². The van der Waals surface area contributed by atoms with Crippen LogP contribution in [0.2, 0.25) is 0 Å². The monoisotopic (exact) mass is 478 g/mol. The van der Waals surface area contributed by atoms with E-state index in [1.54, 1.807) is 35.2 Å². The van der Waals surface area contributed by atoms with Gasteiger partial charge in [-0.2, -0.15) is 18.2 Å². The molecule has 3 heterocycles. The van der Waals surface area contributed by atoms with E-state index in [9.17, 15) is 18.0 Å². The van der Waals surface area contributed by atoms with Gasteiger partial charge in [0.2, 0.25) is 5.82 Å². The Morgan fingerprint density at radius 1 is 1.06 bits per heavy atom. The molecule has 4 rings (SSSR count). The van der Waals surface area contributed by atoms with Crippen molar-refractivity contribution in [3.05, 3.63) is 42.4 Å². The summed E-state index contributed by atoms with van der Waals surface area (Å²) in [5, 5.41) is 6.20. The molecule has 0 bridgehead atoms. The normalized spacial score (nSPS) is 14.1. The van der Waals surface area contributed by atoms with Crippen molar-refractivity contribution in [2.45, 2.75) is 6.18 Å². The molecule has 180 valence electrons. The molecule has 2 amide bonds. The number of ether oxygens (including phenoxy) is 2. The van der Waals surface area contributed by atoms with Crippen LogP contribution in [-0.2, 0) is 6.18 Å². The first-order chi connectivity index (χ1) is 16.3. The Morgan fingerprint density at radius 3 is 2.38 bits per heavy atom. The van der Waals surface area contributed by atoms with Crippen molar-refractivity contribution in [2.24, 2.45) is 0 Å². The van der Waals surface area contributed by atoms with Gasteiger partial charge in [-0.05, 0) is 24.3 Å². The van der Waals surface area contributed by atoms with Crippen molar-refractivity contribution in [2.75, 3.05) is 50.6 Å². The summed E-state index contributed by atoms with van der Waals surface area (Å²) in [6.07, 6.45) is -3.32. The third-order valence-electron chi connectivity index (χ3n) is 5.20. The number of anilines is 2. The lowest BCUT2D eigenvalue weighted by atomic mass is 10.2. The fourth-order valence-electron chi connectivity index (χ4n) is 3.42. The number of halogens is 3. The Labute approximate surface area is 192 Å². The number of hydrogen-bond acceptors (Lipinski definition) is 8. The molecule has 2 aromatic heterocycles. The Bertz CT molecular complexity index is 1140. The second-order valence-corrected chi connectivity index (χ2v) is 7.30. The van der Waals surface area contributed by atoms with Crippen LogP contribution in [-0.4, -0.2) is 66.5 Å². The molecule has 1 aromatic carbocycles. The van der Waals surface area contributed by atoms with Crippen LogP contribution >= 0.6 is 0 Å². The molecule has 1 saturated heterocycles. The van der Waals surface area contributed by atoms with Crippen LogP contribution in [0, 0.1) is 0 Å². The molecule has 0 unspecified atom stereocenters. The standard InChI is InChI=1S/C21H21F3N6O4/c1-32-15-5-4-14(11-16(15)33-2)26-20(31)30-9-7-29(8-10-30)17-6-3-13(12-25-17)18-27-19(34-28-18)21(22,23)24/h3-6,11-12H,7-10H2,1-2H3,(H,26,31). The highest BCUT2D eigenvalue weighted by Crippen LogP contribution is 2.31. The van der Waals surface area contributed by atoms with E-state index >= 15 is 0 Å². The molecule has 0 atom stereocenters. The molecule has 0 aliphatic carbocycles. The van der Waals surface area contributed by atoms with Crippen molar-refractivity contribution >= 4 is 17.5 Å². The zero-order valence-electron chi connectivity index (χ0n) is 18.3. The summed E-state index contributed by atoms with van der Waals surface area (Å²) < 4.78 is 52.6. The minimum absolute atomic E-state index is 0.192. The van der Waals surface area contributed by atoms with Gasteiger partial charge in [0.25, 0.3) is 0 Å². The molecule has 1 aliphatic rings. The predicted octanol–water partition coefficient (Wildman–Crippen LogP) is 3.52. The lowest BCUT2D eigenvalue weighted by Gasteiger charge is -2.35. The molecule has 13 heteroatoms. The number of hydrogen-bond donors (Lipinski definition) is 1. The maximum Gasteiger partial charge on any atom is 0.471 e. The summed E-state index contributed by atoms with van der Waals surface area (Å²) in [7, 11) is 3.05. The predicted molar refractivity (Wildman–Crippen MR) is 115 cm³/mol. The number of amides is 2. The number of carbonyl (C=O) groups excluding carboxylic acids is 1. The molecule has 0 spiro atoms. The van der Waals surface area contributed by atoms with Crippen LogP contribution in [0.4, 0.5) is 29.5 Å². The number of rotatable bonds is 5. The maximum atomic E-state index is 12.6. The van der Waals surface area contributed by atoms with Crippen molar-refractivity contribution in [1.29, 1.82) is 0 Å². The highest BCUT2D eigenvalue weighted by Gasteiger charge is 2.38. The lowest BCUT2D eigenvalue weighted by Crippen LogP contribution is -2.50. The molecule has 1 aliphatic heterocycles. The molecule has 10 nitrogen and oxygen atoms in total. The summed E-state index contributed by atoms with van der Waals surface area (Å²) in [5.74, 6) is 0.100. The molecular weight excluding hydrogens is 457 g/mol. The first kappa shape index (κ1) is 23.1. The van der Waals surface area contributed by atoms with Crippen molar-refractivity contribution in [1.82, 2.24) is 20.0 Å². The number of alkyl halides is 3. The second kappa shape index (κ2) is 9.45. The number of nitrogens with zero attached hydrogens (tertiary/aromatic N) is 5. The van der Waals surface area contributed by atoms with Crippen molar-refractivity contribution in [3.63, 3.8) is 0 Å². The highest BCUT2D eigenvalue weighted by molar-refractivity contribution is 5.90. The molecule has 1 fully saturated rings. The van der Waals surface area contributed by atoms with Crippen LogP contribution in [0.3, 0.4) is 0 Å². The van der Waals surface area contributed by atoms with Gasteiger partial charge < -0.3 is 29.1 Å². The number of aromatic nitrogens is 3. The van der Waals surface area contributed by atoms with E-state index in [1.807, 2.05) is 4.90 Å². The number of benzene rings is 1. The molecule has 0 radical (unpaired) electrons. The number of methoxy groups -OCH3 is 2. The quantitative estimate of drug-likeness (QED) is 0.594. The number of nitrogens with one attached hydrogen (secondary N) is 1. The Kier molecular flexibility index (Phi) is 6.43. The van der Waals surface area contributed by atoms with E-state index in [-0.39, 0.29) is 11.9 Å². The van der Waals surface area contributed by atoms with Gasteiger partial charge in [0.1, 0.15) is 5.82 Å². The number of urea groups is 1. The van der Waals surface area contributed by atoms with Crippen LogP contribution in [0.5, 0.6) is 11.5 Å². The number of carbonyl (C=O) groups is 1. The number of pyridine rings is 1. The van der Waals surface area contributed by atoms with E-state index in [0.717, 1.165) is 0 Å². The highest BCUT2D eigenvalue weighted by atomic mass is 19.4. The zero-order chi connectivity index (χ0) is 24.3. The zero-order valence-corrected chi connectivity index (χ0v) is 18.3. The smallest absolute Gasteiger partial charge is 0.471 e. The van der Waals surface area contributed by atoms with Gasteiger partial charge in [-0.25, -0.2) is 9.78 Å². The third-order valence-corrected chi connectivity index (χ3v) is 5.20. The summed E-state index contributed by atoms with van der Waals surface area (Å²) in [4.78, 5) is 24.0. The first-order valence-electron chi connectivity index (χ1n) is 10.2. The fraction of sp³-hybridized carbons (Fsp3) is 0.333. The average molecular weight is 478 g/mol. The maximum absolute atomic E-state index is 12.6. The van der Waals surface area contributed by atoms with E-state index in [0.29, 0.717) is 54.7 Å². The Hall–Kier alpha value is -4.03. The van der Waals surface area contributed by atoms with E-state index in [4.69, 9.17) is 9.47 Å². The largest absolute Gasteiger partial charge is 0.493 e. The van der Waals surface area contributed by atoms with Gasteiger partial charge in [-0.15, -0.1) is 0 Å². The minimum atomic E-state index is -4.70. The van der Waals surface area contributed by atoms with Crippen molar-refractivity contribution in [3.8, 4) is 22.9 Å². The van der Waals surface area contributed by atoms with Gasteiger partial charge in [0.15, 0.2) is 11.5 Å². The molecule has 0 saturated carbocycles.